The molecular formula is C11H15NO2. The molecule has 0 heterocycles. The van der Waals surface area contributed by atoms with Crippen LogP contribution in [0.25, 0.3) is 0 Å². The molecule has 0 amide bonds. The van der Waals surface area contributed by atoms with E-state index in [1.165, 1.54) is 0 Å². The minimum absolute atomic E-state index is 0.334. The predicted molar refractivity (Wildman–Crippen MR) is 56.8 cm³/mol. The van der Waals surface area contributed by atoms with Crippen LogP contribution < -0.4 is 0 Å². The summed E-state index contributed by atoms with van der Waals surface area (Å²) in [5.41, 5.74) is 0.837. The maximum absolute atomic E-state index is 5.21. The van der Waals surface area contributed by atoms with Gasteiger partial charge in [-0.05, 0) is 26.0 Å². The van der Waals surface area contributed by atoms with Crippen LogP contribution in [-0.4, -0.2) is 19.3 Å². The molecule has 0 aliphatic rings. The lowest BCUT2D eigenvalue weighted by Gasteiger charge is -2.06. The van der Waals surface area contributed by atoms with Gasteiger partial charge >= 0.3 is 6.08 Å². The van der Waals surface area contributed by atoms with E-state index in [1.54, 1.807) is 0 Å². The van der Waals surface area contributed by atoms with Crippen molar-refractivity contribution >= 4 is 11.8 Å². The Morgan fingerprint density at radius 1 is 1.07 bits per heavy atom. The highest BCUT2D eigenvalue weighted by atomic mass is 16.7. The Hall–Kier alpha value is -1.51. The normalized spacial score (nSPS) is 9.29. The van der Waals surface area contributed by atoms with Gasteiger partial charge in [-0.2, -0.15) is 4.99 Å². The van der Waals surface area contributed by atoms with Crippen molar-refractivity contribution in [3.63, 3.8) is 0 Å². The molecule has 3 heteroatoms. The van der Waals surface area contributed by atoms with Crippen molar-refractivity contribution < 1.29 is 9.47 Å². The second-order valence-corrected chi connectivity index (χ2v) is 2.58. The molecule has 0 radical (unpaired) electrons. The molecule has 0 fully saturated rings. The molecule has 14 heavy (non-hydrogen) atoms. The third kappa shape index (κ3) is 3.47. The molecular weight excluding hydrogens is 178 g/mol. The number of ether oxygens (including phenoxy) is 2. The third-order valence-corrected chi connectivity index (χ3v) is 1.51. The van der Waals surface area contributed by atoms with Crippen molar-refractivity contribution in [1.82, 2.24) is 0 Å². The van der Waals surface area contributed by atoms with Gasteiger partial charge in [0.1, 0.15) is 0 Å². The van der Waals surface area contributed by atoms with E-state index in [9.17, 15) is 0 Å². The molecule has 0 saturated carbocycles. The zero-order chi connectivity index (χ0) is 10.2. The second-order valence-electron chi connectivity index (χ2n) is 2.58. The fourth-order valence-corrected chi connectivity index (χ4v) is 0.961. The minimum Gasteiger partial charge on any atom is -0.451 e. The molecule has 0 N–H and O–H groups in total. The summed E-state index contributed by atoms with van der Waals surface area (Å²) in [6.45, 7) is 4.93. The molecule has 0 spiro atoms. The van der Waals surface area contributed by atoms with E-state index in [1.807, 2.05) is 44.2 Å². The Morgan fingerprint density at radius 3 is 2.14 bits per heavy atom. The minimum atomic E-state index is 0.334. The number of aliphatic imine (C=N–C) groups is 1. The van der Waals surface area contributed by atoms with Gasteiger partial charge in [-0.25, -0.2) is 0 Å². The largest absolute Gasteiger partial charge is 0.451 e. The van der Waals surface area contributed by atoms with Crippen LogP contribution in [0.15, 0.2) is 35.3 Å². The Kier molecular flexibility index (Phi) is 4.55. The van der Waals surface area contributed by atoms with Crippen molar-refractivity contribution in [2.24, 2.45) is 4.99 Å². The van der Waals surface area contributed by atoms with E-state index in [-0.39, 0.29) is 0 Å². The summed E-state index contributed by atoms with van der Waals surface area (Å²) in [4.78, 5) is 4.21. The highest BCUT2D eigenvalue weighted by Crippen LogP contribution is 2.10. The summed E-state index contributed by atoms with van der Waals surface area (Å²) < 4.78 is 10.4. The zero-order valence-corrected chi connectivity index (χ0v) is 8.56. The molecule has 3 nitrogen and oxygen atoms in total. The van der Waals surface area contributed by atoms with Gasteiger partial charge in [0.05, 0.1) is 18.9 Å². The maximum atomic E-state index is 5.21. The number of hydrogen-bond donors (Lipinski definition) is 0. The summed E-state index contributed by atoms with van der Waals surface area (Å²) in [6, 6.07) is 9.60. The lowest BCUT2D eigenvalue weighted by Crippen LogP contribution is -2.08. The van der Waals surface area contributed by atoms with Crippen LogP contribution in [0.5, 0.6) is 0 Å². The monoisotopic (exact) mass is 193 g/mol. The average Bonchev–Trinajstić information content (AvgIpc) is 2.20. The van der Waals surface area contributed by atoms with Gasteiger partial charge < -0.3 is 9.47 Å². The summed E-state index contributed by atoms with van der Waals surface area (Å²) in [7, 11) is 0. The number of nitrogens with zero attached hydrogens (tertiary/aromatic N) is 1. The Bertz CT molecular complexity index is 275. The van der Waals surface area contributed by atoms with Gasteiger partial charge in [-0.3, -0.25) is 0 Å². The highest BCUT2D eigenvalue weighted by Gasteiger charge is 1.99. The molecule has 0 aliphatic heterocycles. The predicted octanol–water partition coefficient (Wildman–Crippen LogP) is 2.75. The standard InChI is InChI=1S/C11H15NO2/c1-3-13-11(14-4-2)12-10-8-6-5-7-9-10/h5-9H,3-4H2,1-2H3. The smallest absolute Gasteiger partial charge is 0.388 e. The van der Waals surface area contributed by atoms with Crippen molar-refractivity contribution in [1.29, 1.82) is 0 Å². The molecule has 1 aromatic rings. The first-order valence-corrected chi connectivity index (χ1v) is 4.76. The molecule has 0 bridgehead atoms. The first-order chi connectivity index (χ1) is 6.86. The second kappa shape index (κ2) is 6.02. The molecule has 0 aromatic heterocycles. The van der Waals surface area contributed by atoms with Crippen LogP contribution in [0.1, 0.15) is 13.8 Å². The highest BCUT2D eigenvalue weighted by molar-refractivity contribution is 5.71. The number of para-hydroxylation sites is 1. The molecule has 1 aromatic carbocycles. The van der Waals surface area contributed by atoms with Crippen LogP contribution >= 0.6 is 0 Å². The van der Waals surface area contributed by atoms with Crippen molar-refractivity contribution in [2.75, 3.05) is 13.2 Å². The third-order valence-electron chi connectivity index (χ3n) is 1.51. The summed E-state index contributed by atoms with van der Waals surface area (Å²) in [6.07, 6.45) is 0.334. The quantitative estimate of drug-likeness (QED) is 0.546. The Balaban J connectivity index is 2.71. The number of benzene rings is 1. The molecule has 76 valence electrons. The van der Waals surface area contributed by atoms with E-state index < -0.39 is 0 Å². The van der Waals surface area contributed by atoms with E-state index in [0.717, 1.165) is 5.69 Å². The number of rotatable bonds is 3. The van der Waals surface area contributed by atoms with Gasteiger partial charge in [-0.15, -0.1) is 0 Å². The molecule has 0 aliphatic carbocycles. The van der Waals surface area contributed by atoms with Gasteiger partial charge in [0.15, 0.2) is 0 Å². The van der Waals surface area contributed by atoms with Gasteiger partial charge in [0.25, 0.3) is 0 Å². The van der Waals surface area contributed by atoms with Crippen molar-refractivity contribution in [3.8, 4) is 0 Å². The molecule has 0 unspecified atom stereocenters. The van der Waals surface area contributed by atoms with E-state index in [2.05, 4.69) is 4.99 Å². The van der Waals surface area contributed by atoms with Crippen LogP contribution in [0, 0.1) is 0 Å². The van der Waals surface area contributed by atoms with Crippen molar-refractivity contribution in [2.45, 2.75) is 13.8 Å². The SMILES string of the molecule is CCOC(=Nc1ccccc1)OCC. The van der Waals surface area contributed by atoms with Crippen LogP contribution in [0.2, 0.25) is 0 Å². The molecule has 0 saturated heterocycles. The Labute approximate surface area is 84.4 Å². The van der Waals surface area contributed by atoms with Crippen molar-refractivity contribution in [3.05, 3.63) is 30.3 Å². The maximum Gasteiger partial charge on any atom is 0.388 e. The van der Waals surface area contributed by atoms with Crippen LogP contribution in [0.4, 0.5) is 5.69 Å². The summed E-state index contributed by atoms with van der Waals surface area (Å²) >= 11 is 0. The molecule has 1 rings (SSSR count). The lowest BCUT2D eigenvalue weighted by molar-refractivity contribution is 0.182. The fourth-order valence-electron chi connectivity index (χ4n) is 0.961. The lowest BCUT2D eigenvalue weighted by atomic mass is 10.3. The fraction of sp³-hybridized carbons (Fsp3) is 0.364. The van der Waals surface area contributed by atoms with E-state index in [4.69, 9.17) is 9.47 Å². The van der Waals surface area contributed by atoms with Crippen LogP contribution in [-0.2, 0) is 9.47 Å². The van der Waals surface area contributed by atoms with Crippen LogP contribution in [0.3, 0.4) is 0 Å². The first kappa shape index (κ1) is 10.6. The van der Waals surface area contributed by atoms with Gasteiger partial charge in [-0.1, -0.05) is 18.2 Å². The average molecular weight is 193 g/mol. The summed E-state index contributed by atoms with van der Waals surface area (Å²) in [5.74, 6) is 0. The zero-order valence-electron chi connectivity index (χ0n) is 8.56. The topological polar surface area (TPSA) is 30.8 Å². The van der Waals surface area contributed by atoms with E-state index >= 15 is 0 Å². The molecule has 0 atom stereocenters. The van der Waals surface area contributed by atoms with Gasteiger partial charge in [0, 0.05) is 0 Å². The summed E-state index contributed by atoms with van der Waals surface area (Å²) in [5, 5.41) is 0. The van der Waals surface area contributed by atoms with E-state index in [0.29, 0.717) is 19.3 Å². The van der Waals surface area contributed by atoms with Gasteiger partial charge in [0.2, 0.25) is 0 Å². The Morgan fingerprint density at radius 2 is 1.64 bits per heavy atom. The first-order valence-electron chi connectivity index (χ1n) is 4.76. The number of hydrogen-bond acceptors (Lipinski definition) is 3.